The fourth-order valence-corrected chi connectivity index (χ4v) is 4.73. The molecule has 0 amide bonds. The smallest absolute Gasteiger partial charge is 0.439 e. The Morgan fingerprint density at radius 2 is 1.64 bits per heavy atom. The molecule has 3 atom stereocenters. The molecule has 170 valence electrons. The van der Waals surface area contributed by atoms with E-state index in [0.717, 1.165) is 12.1 Å². The zero-order valence-electron chi connectivity index (χ0n) is 17.0. The van der Waals surface area contributed by atoms with Crippen molar-refractivity contribution >= 4 is 21.7 Å². The van der Waals surface area contributed by atoms with Gasteiger partial charge in [0.15, 0.2) is 5.78 Å². The van der Waals surface area contributed by atoms with E-state index in [1.165, 1.54) is 48.5 Å². The number of hydrogen-bond donors (Lipinski definition) is 0. The third kappa shape index (κ3) is 4.01. The van der Waals surface area contributed by atoms with E-state index in [4.69, 9.17) is 4.74 Å². The van der Waals surface area contributed by atoms with Gasteiger partial charge in [0.25, 0.3) is 11.6 Å². The zero-order valence-corrected chi connectivity index (χ0v) is 18.5. The number of rotatable bonds is 5. The number of fused-ring (bicyclic) bond motifs is 1. The van der Waals surface area contributed by atoms with Crippen LogP contribution in [0, 0.1) is 10.1 Å². The predicted molar refractivity (Wildman–Crippen MR) is 118 cm³/mol. The molecule has 1 aliphatic rings. The highest BCUT2D eigenvalue weighted by atomic mass is 79.9. The molecule has 1 heterocycles. The van der Waals surface area contributed by atoms with Gasteiger partial charge in [-0.3, -0.25) is 14.9 Å². The molecule has 4 rings (SSSR count). The summed E-state index contributed by atoms with van der Waals surface area (Å²) in [6, 6.07) is 16.6. The van der Waals surface area contributed by atoms with Gasteiger partial charge in [-0.1, -0.05) is 76.6 Å². The second-order valence-corrected chi connectivity index (χ2v) is 8.63. The van der Waals surface area contributed by atoms with Crippen molar-refractivity contribution in [2.24, 2.45) is 0 Å². The molecule has 33 heavy (non-hydrogen) atoms. The van der Waals surface area contributed by atoms with Gasteiger partial charge in [0.1, 0.15) is 5.75 Å². The Bertz CT molecular complexity index is 1190. The molecule has 0 aliphatic carbocycles. The zero-order chi connectivity index (χ0) is 23.8. The van der Waals surface area contributed by atoms with Gasteiger partial charge < -0.3 is 4.74 Å². The number of benzene rings is 3. The monoisotopic (exact) mass is 519 g/mol. The first-order chi connectivity index (χ1) is 15.6. The lowest BCUT2D eigenvalue weighted by atomic mass is 9.72. The summed E-state index contributed by atoms with van der Waals surface area (Å²) in [5, 5.41) is 12.3. The van der Waals surface area contributed by atoms with E-state index in [2.05, 4.69) is 15.9 Å². The van der Waals surface area contributed by atoms with Crippen LogP contribution in [0.2, 0.25) is 0 Å². The highest BCUT2D eigenvalue weighted by molar-refractivity contribution is 9.10. The predicted octanol–water partition coefficient (Wildman–Crippen LogP) is 6.30. The van der Waals surface area contributed by atoms with E-state index in [1.807, 2.05) is 0 Å². The normalized spacial score (nSPS) is 22.2. The molecule has 0 radical (unpaired) electrons. The second-order valence-electron chi connectivity index (χ2n) is 7.71. The summed E-state index contributed by atoms with van der Waals surface area (Å²) < 4.78 is 50.3. The van der Waals surface area contributed by atoms with Crippen molar-refractivity contribution in [2.75, 3.05) is 0 Å². The maximum absolute atomic E-state index is 14.8. The average Bonchev–Trinajstić information content (AvgIpc) is 2.79. The number of nitro groups is 1. The molecule has 0 N–H and O–H groups in total. The molecule has 0 unspecified atom stereocenters. The van der Waals surface area contributed by atoms with Gasteiger partial charge >= 0.3 is 6.18 Å². The van der Waals surface area contributed by atoms with Crippen molar-refractivity contribution in [3.05, 3.63) is 110 Å². The first-order valence-electron chi connectivity index (χ1n) is 9.97. The summed E-state index contributed by atoms with van der Waals surface area (Å²) >= 11 is 3.27. The van der Waals surface area contributed by atoms with Gasteiger partial charge in [-0.05, 0) is 18.2 Å². The number of carbonyl (C=O) groups is 1. The standard InChI is InChI=1S/C24H17BrF3NO4/c25-17-11-12-21-18(13-17)19(14-20(30)15-7-3-1-4-8-15)22(29(31)32)23(33-21,24(26,27)28)16-9-5-2-6-10-16/h1-13,19,22H,14H2/t19-,22+,23+/m0/s1. The summed E-state index contributed by atoms with van der Waals surface area (Å²) in [5.41, 5.74) is -3.24. The van der Waals surface area contributed by atoms with E-state index < -0.39 is 46.4 Å². The first kappa shape index (κ1) is 23.0. The van der Waals surface area contributed by atoms with E-state index >= 15 is 0 Å². The molecular formula is C24H17BrF3NO4. The third-order valence-electron chi connectivity index (χ3n) is 5.79. The quantitative estimate of drug-likeness (QED) is 0.225. The maximum atomic E-state index is 14.8. The van der Waals surface area contributed by atoms with Gasteiger partial charge in [-0.25, -0.2) is 0 Å². The van der Waals surface area contributed by atoms with E-state index in [1.54, 1.807) is 18.2 Å². The molecule has 0 bridgehead atoms. The van der Waals surface area contributed by atoms with Crippen LogP contribution in [0.25, 0.3) is 0 Å². The van der Waals surface area contributed by atoms with Crippen LogP contribution < -0.4 is 4.74 Å². The minimum absolute atomic E-state index is 0.150. The lowest BCUT2D eigenvalue weighted by Gasteiger charge is -2.44. The number of ether oxygens (including phenoxy) is 1. The number of ketones is 1. The Hall–Kier alpha value is -3.20. The van der Waals surface area contributed by atoms with Crippen molar-refractivity contribution < 1.29 is 27.6 Å². The summed E-state index contributed by atoms with van der Waals surface area (Å²) in [4.78, 5) is 24.4. The van der Waals surface area contributed by atoms with Crippen molar-refractivity contribution in [1.29, 1.82) is 0 Å². The third-order valence-corrected chi connectivity index (χ3v) is 6.29. The van der Waals surface area contributed by atoms with Crippen LogP contribution in [0.1, 0.15) is 33.8 Å². The number of Topliss-reactive ketones (excluding diaryl/α,β-unsaturated/α-hetero) is 1. The number of alkyl halides is 3. The molecule has 0 fully saturated rings. The fraction of sp³-hybridized carbons (Fsp3) is 0.208. The lowest BCUT2D eigenvalue weighted by Crippen LogP contribution is -2.62. The number of halogens is 4. The molecule has 0 saturated carbocycles. The lowest BCUT2D eigenvalue weighted by molar-refractivity contribution is -0.567. The van der Waals surface area contributed by atoms with Crippen molar-refractivity contribution in [1.82, 2.24) is 0 Å². The number of hydrogen-bond acceptors (Lipinski definition) is 4. The average molecular weight is 520 g/mol. The Labute approximate surface area is 195 Å². The Morgan fingerprint density at radius 3 is 2.21 bits per heavy atom. The Kier molecular flexibility index (Phi) is 6.00. The maximum Gasteiger partial charge on any atom is 0.439 e. The second kappa shape index (κ2) is 8.62. The first-order valence-corrected chi connectivity index (χ1v) is 10.8. The minimum atomic E-state index is -5.15. The highest BCUT2D eigenvalue weighted by Crippen LogP contribution is 2.55. The van der Waals surface area contributed by atoms with Gasteiger partial charge in [-0.15, -0.1) is 0 Å². The summed E-state index contributed by atoms with van der Waals surface area (Å²) in [6.07, 6.45) is -5.64. The van der Waals surface area contributed by atoms with E-state index in [0.29, 0.717) is 4.47 Å². The Morgan fingerprint density at radius 1 is 1.03 bits per heavy atom. The van der Waals surface area contributed by atoms with Crippen LogP contribution in [0.15, 0.2) is 83.3 Å². The number of nitrogens with zero attached hydrogens (tertiary/aromatic N) is 1. The molecule has 3 aromatic carbocycles. The van der Waals surface area contributed by atoms with E-state index in [9.17, 15) is 28.1 Å². The van der Waals surface area contributed by atoms with Crippen LogP contribution in [-0.4, -0.2) is 22.9 Å². The molecule has 5 nitrogen and oxygen atoms in total. The molecule has 0 aromatic heterocycles. The molecule has 9 heteroatoms. The summed E-state index contributed by atoms with van der Waals surface area (Å²) in [5.74, 6) is -2.04. The largest absolute Gasteiger partial charge is 0.466 e. The van der Waals surface area contributed by atoms with Crippen LogP contribution >= 0.6 is 15.9 Å². The fourth-order valence-electron chi connectivity index (χ4n) is 4.35. The highest BCUT2D eigenvalue weighted by Gasteiger charge is 2.72. The van der Waals surface area contributed by atoms with Crippen molar-refractivity contribution in [2.45, 2.75) is 30.2 Å². The SMILES string of the molecule is O=C(C[C@H]1c2cc(Br)ccc2O[C@@](c2ccccc2)(C(F)(F)F)[C@@H]1[N+](=O)[O-])c1ccccc1. The van der Waals surface area contributed by atoms with E-state index in [-0.39, 0.29) is 16.9 Å². The van der Waals surface area contributed by atoms with Gasteiger partial charge in [0.05, 0.1) is 5.92 Å². The van der Waals surface area contributed by atoms with Crippen LogP contribution in [-0.2, 0) is 5.60 Å². The molecule has 0 saturated heterocycles. The van der Waals surface area contributed by atoms with Gasteiger partial charge in [0, 0.05) is 32.5 Å². The van der Waals surface area contributed by atoms with Crippen LogP contribution in [0.5, 0.6) is 5.75 Å². The van der Waals surface area contributed by atoms with Crippen LogP contribution in [0.3, 0.4) is 0 Å². The Balaban J connectivity index is 1.96. The summed E-state index contributed by atoms with van der Waals surface area (Å²) in [6.45, 7) is 0. The molecule has 3 aromatic rings. The van der Waals surface area contributed by atoms with Gasteiger partial charge in [0.2, 0.25) is 0 Å². The molecule has 1 aliphatic heterocycles. The minimum Gasteiger partial charge on any atom is -0.466 e. The molecular weight excluding hydrogens is 503 g/mol. The van der Waals surface area contributed by atoms with Gasteiger partial charge in [-0.2, -0.15) is 13.2 Å². The number of carbonyl (C=O) groups excluding carboxylic acids is 1. The summed E-state index contributed by atoms with van der Waals surface area (Å²) in [7, 11) is 0. The molecule has 0 spiro atoms. The van der Waals surface area contributed by atoms with Crippen LogP contribution in [0.4, 0.5) is 13.2 Å². The van der Waals surface area contributed by atoms with Crippen molar-refractivity contribution in [3.63, 3.8) is 0 Å². The van der Waals surface area contributed by atoms with Crippen molar-refractivity contribution in [3.8, 4) is 5.75 Å². The topological polar surface area (TPSA) is 69.4 Å².